The fourth-order valence-corrected chi connectivity index (χ4v) is 9.15. The zero-order valence-electron chi connectivity index (χ0n) is 59.0. The summed E-state index contributed by atoms with van der Waals surface area (Å²) in [5.41, 5.74) is 9.73. The average Bonchev–Trinajstić information content (AvgIpc) is 1.64. The number of halogens is 6. The van der Waals surface area contributed by atoms with Crippen LogP contribution in [0.5, 0.6) is 46.0 Å². The number of nitrogens with two attached hydrogens (primary N) is 3. The van der Waals surface area contributed by atoms with E-state index in [0.717, 1.165) is 11.0 Å². The Morgan fingerprint density at radius 1 is 0.495 bits per heavy atom. The number of benzene rings is 10. The van der Waals surface area contributed by atoms with Gasteiger partial charge in [-0.2, -0.15) is 0 Å². The van der Waals surface area contributed by atoms with Crippen LogP contribution >= 0.6 is 57.7 Å². The van der Waals surface area contributed by atoms with E-state index >= 15 is 0 Å². The maximum Gasteiger partial charge on any atom is 1.00 e. The molecule has 0 spiro atoms. The largest absolute Gasteiger partial charge is 1.00 e. The molecule has 2 aliphatic heterocycles. The van der Waals surface area contributed by atoms with Crippen molar-refractivity contribution in [1.29, 1.82) is 0 Å². The van der Waals surface area contributed by atoms with Crippen molar-refractivity contribution in [3.63, 3.8) is 0 Å². The molecule has 0 aliphatic carbocycles. The predicted molar refractivity (Wildman–Crippen MR) is 403 cm³/mol. The van der Waals surface area contributed by atoms with E-state index in [-0.39, 0.29) is 221 Å². The van der Waals surface area contributed by atoms with Gasteiger partial charge in [-0.25, -0.2) is 35.0 Å². The first-order valence-corrected chi connectivity index (χ1v) is 37.2. The van der Waals surface area contributed by atoms with Crippen molar-refractivity contribution in [3.8, 4) is 46.0 Å². The van der Waals surface area contributed by atoms with Gasteiger partial charge in [0.2, 0.25) is 0 Å². The number of rotatable bonds is 15. The van der Waals surface area contributed by atoms with Crippen LogP contribution < -0.4 is 130 Å². The number of nitrogens with zero attached hydrogens (tertiary/aromatic N) is 2. The van der Waals surface area contributed by atoms with Crippen LogP contribution in [0.3, 0.4) is 0 Å². The van der Waals surface area contributed by atoms with Gasteiger partial charge in [0.1, 0.15) is 52.7 Å². The van der Waals surface area contributed by atoms with Gasteiger partial charge in [-0.3, -0.25) is 65.5 Å². The average molecular weight is 1710 g/mol. The van der Waals surface area contributed by atoms with Crippen LogP contribution in [0.1, 0.15) is 108 Å². The van der Waals surface area contributed by atoms with Gasteiger partial charge in [-0.1, -0.05) is 168 Å². The monoisotopic (exact) mass is 1700 g/mol. The van der Waals surface area contributed by atoms with E-state index in [1.807, 2.05) is 18.2 Å². The van der Waals surface area contributed by atoms with Crippen molar-refractivity contribution in [2.45, 2.75) is 6.92 Å². The van der Waals surface area contributed by atoms with Gasteiger partial charge in [0.25, 0.3) is 28.9 Å². The van der Waals surface area contributed by atoms with E-state index in [1.165, 1.54) is 65.6 Å². The summed E-state index contributed by atoms with van der Waals surface area (Å²) in [5.74, 6) is 6.08. The molecule has 0 saturated heterocycles. The molecular weight excluding hydrogens is 1640 g/mol. The fourth-order valence-electron chi connectivity index (χ4n) is 8.57. The van der Waals surface area contributed by atoms with Crippen molar-refractivity contribution >= 4 is 122 Å². The van der Waals surface area contributed by atoms with Crippen LogP contribution in [0.2, 0.25) is 0 Å². The minimum atomic E-state index is -1.72. The van der Waals surface area contributed by atoms with E-state index in [9.17, 15) is 62.9 Å². The Hall–Kier alpha value is -7.79. The summed E-state index contributed by atoms with van der Waals surface area (Å²) >= 11 is 6.54. The summed E-state index contributed by atoms with van der Waals surface area (Å²) < 4.78 is 27.1. The Balaban J connectivity index is 0.000000655. The molecule has 0 unspecified atom stereocenters. The van der Waals surface area contributed by atoms with Gasteiger partial charge in [-0.05, 0) is 98.2 Å². The molecule has 4 amide bonds. The van der Waals surface area contributed by atoms with E-state index in [2.05, 4.69) is 37.4 Å². The number of aliphatic hydroxyl groups is 1. The van der Waals surface area contributed by atoms with Gasteiger partial charge in [0.15, 0.2) is 25.5 Å². The molecule has 0 radical (unpaired) electrons. The van der Waals surface area contributed by atoms with Crippen molar-refractivity contribution in [2.24, 2.45) is 17.4 Å². The van der Waals surface area contributed by atoms with Crippen LogP contribution in [0.25, 0.3) is 0 Å². The Labute approximate surface area is 741 Å². The van der Waals surface area contributed by atoms with E-state index in [0.29, 0.717) is 50.3 Å². The molecular formula is C75H67AlBrCl4FK2N5O20+. The van der Waals surface area contributed by atoms with Gasteiger partial charge in [0, 0.05) is 53.1 Å². The number of hydrogen-bond acceptors (Lipinski definition) is 23. The molecule has 2 heterocycles. The standard InChI is InChI=1S/C22H15NO5.C14H13NO3.C13H10O3.C9H6BrNO2.C7H5ClO.C6H6O2.C2H2FO3.C2H6O.Al.3ClH.2K.H4N2/c24-19-12-15(10-11-18(19)20(25)14-6-2-1-3-7-14)28-13-23-21(26)16-8-4-5-9-17(16)22(23)27;15-9-18-11-6-7-12(13(16)8-11)14(17)10-4-2-1-3-5-10;14-10-6-7-11(12(15)8-10)13(16)9-4-2-1-3-5-9;10-5-11-8(12)6-3-1-2-4-7(6)9(11)13;8-7(9)6-4-2-1-3-5-6;7-5-2-1-3-6(8)4-5;3-1-5-6-2-4;1-2-3;;;;;;;1-2/h1-12,24H,13H2;1-8,16H,9,15H2;1-8,14-15H;1-4H,5H2;1-5H;1-4,7-8H;1-2H;3H,2H2,1H3;;3*1H;;;1-2H2/q;;;;;;-1;;+3;;;;2*+1;/p-3/i;;;;;;2D;;;;;;;;. The second-order valence-corrected chi connectivity index (χ2v) is 27.4. The molecule has 109 heavy (non-hydrogen) atoms. The Bertz CT molecular complexity index is 4500. The number of ketones is 3. The predicted octanol–water partition coefficient (Wildman–Crippen LogP) is 6.99. The Morgan fingerprint density at radius 3 is 1.06 bits per heavy atom. The SMILES string of the molecule is CCO.NCOc1ccc(C(=O)c2ccccc2)c(O)c1.NN.O=C(Cl)c1ccccc1.O=C(c1ccccc1)c1ccc(O)cc1O.O=C(c1ccccc1)c1ccc(OCN2C(=O)c3ccccc3C2=O)cc1O.O=C1c2ccccc2C(=O)N1CBr.Oc1cccc(O)c1.[2H]C(=O)OO[CH-]F.[Cl][Al]([Cl])[Cl].[K+].[K+]. The van der Waals surface area contributed by atoms with Gasteiger partial charge in [0.05, 0.1) is 44.4 Å². The Morgan fingerprint density at radius 2 is 0.798 bits per heavy atom. The van der Waals surface area contributed by atoms with E-state index < -0.39 is 34.9 Å². The number of imide groups is 2. The number of ether oxygens (including phenoxy) is 2. The minimum absolute atomic E-state index is 0. The van der Waals surface area contributed by atoms with Gasteiger partial charge in [-0.15, -0.1) is 0 Å². The second-order valence-electron chi connectivity index (χ2n) is 20.1. The third-order valence-electron chi connectivity index (χ3n) is 13.2. The molecule has 10 aromatic carbocycles. The van der Waals surface area contributed by atoms with Crippen LogP contribution in [0.4, 0.5) is 4.39 Å². The third kappa shape index (κ3) is 34.2. The van der Waals surface area contributed by atoms with Crippen molar-refractivity contribution in [1.82, 2.24) is 9.80 Å². The summed E-state index contributed by atoms with van der Waals surface area (Å²) in [7, 11) is 14.8. The summed E-state index contributed by atoms with van der Waals surface area (Å²) in [4.78, 5) is 113. The maximum absolute atomic E-state index is 12.5. The first-order valence-electron chi connectivity index (χ1n) is 31.0. The van der Waals surface area contributed by atoms with Gasteiger partial charge < -0.3 is 59.4 Å². The quantitative estimate of drug-likeness (QED) is 0.00401. The van der Waals surface area contributed by atoms with Crippen LogP contribution in [0.15, 0.2) is 249 Å². The number of hydrazine groups is 1. The molecule has 558 valence electrons. The summed E-state index contributed by atoms with van der Waals surface area (Å²) in [5, 5.41) is 63.2. The number of aliphatic hydroxyl groups excluding tert-OH is 1. The molecule has 0 atom stereocenters. The molecule has 0 saturated carbocycles. The van der Waals surface area contributed by atoms with E-state index in [4.69, 9.17) is 78.8 Å². The zero-order chi connectivity index (χ0) is 80.3. The van der Waals surface area contributed by atoms with Crippen molar-refractivity contribution in [3.05, 3.63) is 317 Å². The van der Waals surface area contributed by atoms with Gasteiger partial charge >= 0.3 is 121 Å². The summed E-state index contributed by atoms with van der Waals surface area (Å²) in [6.07, 6.45) is -1.44. The molecule has 0 aromatic heterocycles. The second kappa shape index (κ2) is 55.6. The molecule has 0 bridgehead atoms. The minimum Gasteiger partial charge on any atom is -0.508 e. The molecule has 25 nitrogen and oxygen atoms in total. The third-order valence-corrected chi connectivity index (χ3v) is 13.9. The van der Waals surface area contributed by atoms with Crippen LogP contribution in [-0.2, 0) is 14.6 Å². The van der Waals surface area contributed by atoms with Crippen molar-refractivity contribution < 1.29 is 207 Å². The Kier molecular flexibility index (Phi) is 49.6. The molecule has 34 heteroatoms. The number of carbonyl (C=O) groups excluding carboxylic acids is 9. The molecule has 2 aliphatic rings. The number of fused-ring (bicyclic) bond motifs is 2. The number of amides is 4. The fraction of sp³-hybridized carbons (Fsp3) is 0.0667. The van der Waals surface area contributed by atoms with E-state index in [1.54, 1.807) is 171 Å². The smallest absolute Gasteiger partial charge is 0.508 e. The molecule has 0 fully saturated rings. The number of phenols is 6. The summed E-state index contributed by atoms with van der Waals surface area (Å²) in [6.45, 7) is 1.32. The molecule has 10 aromatic rings. The summed E-state index contributed by atoms with van der Waals surface area (Å²) in [6, 6.07) is 66.7. The first kappa shape index (κ1) is 97.3. The maximum atomic E-state index is 12.5. The normalized spacial score (nSPS) is 10.6. The van der Waals surface area contributed by atoms with Crippen LogP contribution in [-0.4, -0.2) is 135 Å². The number of alkyl halides is 1. The zero-order valence-corrected chi connectivity index (χ0v) is 70.0. The molecule has 12 rings (SSSR count). The number of phenolic OH excluding ortho intramolecular Hbond substituents is 6. The first-order chi connectivity index (χ1) is 51.7. The number of hydrogen-bond donors (Lipinski definition) is 10. The molecule has 13 N–H and O–H groups in total. The van der Waals surface area contributed by atoms with Crippen LogP contribution in [0, 0.1) is 6.86 Å². The van der Waals surface area contributed by atoms with Crippen molar-refractivity contribution in [2.75, 3.05) is 25.5 Å². The number of aromatic hydroxyl groups is 6. The number of carbonyl (C=O) groups is 9. The topological polar surface area (TPSA) is 417 Å².